The summed E-state index contributed by atoms with van der Waals surface area (Å²) in [6.07, 6.45) is -0.621. The molecule has 1 aliphatic rings. The Bertz CT molecular complexity index is 434. The molecule has 2 atom stereocenters. The van der Waals surface area contributed by atoms with E-state index in [1.807, 2.05) is 20.8 Å². The molecule has 0 N–H and O–H groups in total. The molecule has 1 fully saturated rings. The van der Waals surface area contributed by atoms with Gasteiger partial charge in [0.15, 0.2) is 5.78 Å². The van der Waals surface area contributed by atoms with E-state index in [1.54, 1.807) is 0 Å². The highest BCUT2D eigenvalue weighted by molar-refractivity contribution is 5.96. The fraction of sp³-hybridized carbons (Fsp3) is 0.750. The van der Waals surface area contributed by atoms with Crippen molar-refractivity contribution < 1.29 is 23.8 Å². The molecule has 2 unspecified atom stereocenters. The van der Waals surface area contributed by atoms with E-state index < -0.39 is 23.2 Å². The molecule has 0 heterocycles. The van der Waals surface area contributed by atoms with Crippen molar-refractivity contribution in [2.24, 2.45) is 11.3 Å². The summed E-state index contributed by atoms with van der Waals surface area (Å²) >= 11 is 0. The Morgan fingerprint density at radius 1 is 1.19 bits per heavy atom. The summed E-state index contributed by atoms with van der Waals surface area (Å²) in [7, 11) is 4.23. The van der Waals surface area contributed by atoms with Gasteiger partial charge in [0.2, 0.25) is 0 Å². The lowest BCUT2D eigenvalue weighted by atomic mass is 9.70. The van der Waals surface area contributed by atoms with Crippen molar-refractivity contribution in [1.82, 2.24) is 0 Å². The second kappa shape index (κ2) is 6.38. The molecule has 1 aliphatic carbocycles. The van der Waals surface area contributed by atoms with Crippen LogP contribution in [0.4, 0.5) is 0 Å². The summed E-state index contributed by atoms with van der Waals surface area (Å²) in [5.74, 6) is -2.28. The van der Waals surface area contributed by atoms with Gasteiger partial charge in [0.05, 0.1) is 0 Å². The minimum absolute atomic E-state index is 0.0285. The van der Waals surface area contributed by atoms with Crippen LogP contribution in [-0.2, 0) is 23.8 Å². The Morgan fingerprint density at radius 2 is 1.71 bits per heavy atom. The molecule has 0 aromatic carbocycles. The summed E-state index contributed by atoms with van der Waals surface area (Å²) in [6.45, 7) is 9.68. The summed E-state index contributed by atoms with van der Waals surface area (Å²) < 4.78 is 16.0. The number of hydrogen-bond donors (Lipinski definition) is 0. The number of methoxy groups -OCH3 is 3. The van der Waals surface area contributed by atoms with E-state index in [2.05, 4.69) is 6.58 Å². The van der Waals surface area contributed by atoms with E-state index in [1.165, 1.54) is 21.3 Å². The summed E-state index contributed by atoms with van der Waals surface area (Å²) in [4.78, 5) is 25.3. The normalized spacial score (nSPS) is 26.6. The van der Waals surface area contributed by atoms with Gasteiger partial charge in [0.25, 0.3) is 5.79 Å². The maximum Gasteiger partial charge on any atom is 0.256 e. The van der Waals surface area contributed by atoms with Gasteiger partial charge in [-0.25, -0.2) is 0 Å². The number of allylic oxidation sites excluding steroid dienone is 1. The summed E-state index contributed by atoms with van der Waals surface area (Å²) in [5.41, 5.74) is 0.396. The second-order valence-electron chi connectivity index (χ2n) is 6.15. The fourth-order valence-electron chi connectivity index (χ4n) is 2.85. The molecule has 0 aromatic heterocycles. The first-order valence-electron chi connectivity index (χ1n) is 7.02. The largest absolute Gasteiger partial charge is 0.375 e. The quantitative estimate of drug-likeness (QED) is 0.442. The van der Waals surface area contributed by atoms with Crippen LogP contribution in [0.5, 0.6) is 0 Å². The van der Waals surface area contributed by atoms with Crippen molar-refractivity contribution >= 4 is 11.6 Å². The number of carbonyl (C=O) groups is 2. The molecule has 21 heavy (non-hydrogen) atoms. The Hall–Kier alpha value is -1.04. The molecule has 0 spiro atoms. The minimum atomic E-state index is -1.52. The predicted octanol–water partition coefficient (Wildman–Crippen LogP) is 2.14. The molecule has 5 nitrogen and oxygen atoms in total. The van der Waals surface area contributed by atoms with E-state index in [-0.39, 0.29) is 24.4 Å². The molecule has 0 amide bonds. The Morgan fingerprint density at radius 3 is 2.10 bits per heavy atom. The smallest absolute Gasteiger partial charge is 0.256 e. The topological polar surface area (TPSA) is 61.8 Å². The third-order valence-corrected chi connectivity index (χ3v) is 4.84. The van der Waals surface area contributed by atoms with Crippen LogP contribution in [0, 0.1) is 11.3 Å². The van der Waals surface area contributed by atoms with Crippen LogP contribution in [-0.4, -0.2) is 44.8 Å². The molecule has 120 valence electrons. The predicted molar refractivity (Wildman–Crippen MR) is 78.9 cm³/mol. The average Bonchev–Trinajstić information content (AvgIpc) is 2.54. The van der Waals surface area contributed by atoms with E-state index in [0.717, 1.165) is 5.57 Å². The van der Waals surface area contributed by atoms with Crippen LogP contribution < -0.4 is 0 Å². The monoisotopic (exact) mass is 298 g/mol. The molecule has 0 aliphatic heterocycles. The van der Waals surface area contributed by atoms with Gasteiger partial charge in [-0.05, 0) is 12.3 Å². The zero-order valence-electron chi connectivity index (χ0n) is 13.8. The van der Waals surface area contributed by atoms with Crippen LogP contribution in [0.1, 0.15) is 33.6 Å². The summed E-state index contributed by atoms with van der Waals surface area (Å²) in [5, 5.41) is 0. The first kappa shape index (κ1) is 18.0. The van der Waals surface area contributed by atoms with E-state index in [9.17, 15) is 9.59 Å². The van der Waals surface area contributed by atoms with Crippen molar-refractivity contribution in [1.29, 1.82) is 0 Å². The molecular weight excluding hydrogens is 272 g/mol. The molecule has 0 aromatic rings. The van der Waals surface area contributed by atoms with E-state index >= 15 is 0 Å². The lowest BCUT2D eigenvalue weighted by Crippen LogP contribution is -2.53. The molecular formula is C16H26O5. The van der Waals surface area contributed by atoms with Crippen LogP contribution in [0.2, 0.25) is 0 Å². The van der Waals surface area contributed by atoms with E-state index in [0.29, 0.717) is 0 Å². The van der Waals surface area contributed by atoms with Crippen molar-refractivity contribution in [3.05, 3.63) is 12.2 Å². The van der Waals surface area contributed by atoms with Gasteiger partial charge < -0.3 is 14.2 Å². The zero-order chi connectivity index (χ0) is 16.4. The molecule has 0 radical (unpaired) electrons. The van der Waals surface area contributed by atoms with Gasteiger partial charge in [-0.1, -0.05) is 26.0 Å². The average molecular weight is 298 g/mol. The number of ether oxygens (including phenoxy) is 3. The maximum atomic E-state index is 12.7. The Labute approximate surface area is 126 Å². The van der Waals surface area contributed by atoms with Crippen molar-refractivity contribution in [3.8, 4) is 0 Å². The standard InChI is InChI=1S/C16H26O5/c1-10(2)15(3,4)11-8-13(18)16(20-6,21-7)14(19-5)9-12(11)17/h11,14H,1,8-9H2,2-7H3. The van der Waals surface area contributed by atoms with Crippen molar-refractivity contribution in [2.45, 2.75) is 45.5 Å². The number of rotatable bonds is 5. The highest BCUT2D eigenvalue weighted by Gasteiger charge is 2.54. The highest BCUT2D eigenvalue weighted by Crippen LogP contribution is 2.42. The third-order valence-electron chi connectivity index (χ3n) is 4.84. The summed E-state index contributed by atoms with van der Waals surface area (Å²) in [6, 6.07) is 0. The number of ketones is 2. The van der Waals surface area contributed by atoms with Crippen LogP contribution >= 0.6 is 0 Å². The first-order chi connectivity index (χ1) is 9.67. The zero-order valence-corrected chi connectivity index (χ0v) is 13.8. The van der Waals surface area contributed by atoms with Crippen LogP contribution in [0.25, 0.3) is 0 Å². The molecule has 0 bridgehead atoms. The SMILES string of the molecule is C=C(C)C(C)(C)C1CC(=O)C(OC)(OC)C(OC)CC1=O. The number of hydrogen-bond acceptors (Lipinski definition) is 5. The van der Waals surface area contributed by atoms with Gasteiger partial charge in [-0.15, -0.1) is 0 Å². The highest BCUT2D eigenvalue weighted by atomic mass is 16.7. The molecule has 1 saturated carbocycles. The number of carbonyl (C=O) groups excluding carboxylic acids is 2. The third kappa shape index (κ3) is 2.96. The maximum absolute atomic E-state index is 12.7. The molecule has 1 rings (SSSR count). The van der Waals surface area contributed by atoms with Gasteiger partial charge in [-0.2, -0.15) is 0 Å². The fourth-order valence-corrected chi connectivity index (χ4v) is 2.85. The Balaban J connectivity index is 3.28. The van der Waals surface area contributed by atoms with Gasteiger partial charge >= 0.3 is 0 Å². The Kier molecular flexibility index (Phi) is 5.47. The second-order valence-corrected chi connectivity index (χ2v) is 6.15. The van der Waals surface area contributed by atoms with Crippen LogP contribution in [0.3, 0.4) is 0 Å². The lowest BCUT2D eigenvalue weighted by molar-refractivity contribution is -0.249. The molecule has 0 saturated heterocycles. The lowest BCUT2D eigenvalue weighted by Gasteiger charge is -2.34. The van der Waals surface area contributed by atoms with Crippen molar-refractivity contribution in [3.63, 3.8) is 0 Å². The van der Waals surface area contributed by atoms with Gasteiger partial charge in [0.1, 0.15) is 11.9 Å². The van der Waals surface area contributed by atoms with Gasteiger partial charge in [-0.3, -0.25) is 9.59 Å². The van der Waals surface area contributed by atoms with Crippen molar-refractivity contribution in [2.75, 3.05) is 21.3 Å². The minimum Gasteiger partial charge on any atom is -0.375 e. The first-order valence-corrected chi connectivity index (χ1v) is 7.02. The van der Waals surface area contributed by atoms with E-state index in [4.69, 9.17) is 14.2 Å². The molecule has 5 heteroatoms. The number of Topliss-reactive ketones (excluding diaryl/α,β-unsaturated/α-hetero) is 2. The van der Waals surface area contributed by atoms with Crippen LogP contribution in [0.15, 0.2) is 12.2 Å². The van der Waals surface area contributed by atoms with Gasteiger partial charge in [0, 0.05) is 40.1 Å².